The van der Waals surface area contributed by atoms with E-state index in [0.717, 1.165) is 0 Å². The quantitative estimate of drug-likeness (QED) is 0.740. The molecule has 2 unspecified atom stereocenters. The van der Waals surface area contributed by atoms with E-state index in [-0.39, 0.29) is 13.0 Å². The highest BCUT2D eigenvalue weighted by molar-refractivity contribution is 5.82. The molecule has 2 atom stereocenters. The lowest BCUT2D eigenvalue weighted by Gasteiger charge is -2.24. The summed E-state index contributed by atoms with van der Waals surface area (Å²) >= 11 is 0. The van der Waals surface area contributed by atoms with E-state index < -0.39 is 17.7 Å². The Morgan fingerprint density at radius 2 is 2.39 bits per heavy atom. The maximum atomic E-state index is 11.7. The van der Waals surface area contributed by atoms with Gasteiger partial charge in [-0.15, -0.1) is 0 Å². The average Bonchev–Trinajstić information content (AvgIpc) is 2.63. The molecule has 1 aliphatic rings. The first-order valence-electron chi connectivity index (χ1n) is 5.64. The van der Waals surface area contributed by atoms with Crippen molar-refractivity contribution in [2.75, 3.05) is 6.61 Å². The predicted molar refractivity (Wildman–Crippen MR) is 61.4 cm³/mol. The number of aliphatic hydroxyl groups excluding tert-OH is 1. The van der Waals surface area contributed by atoms with Crippen molar-refractivity contribution in [3.8, 4) is 6.07 Å². The van der Waals surface area contributed by atoms with Gasteiger partial charge in [-0.1, -0.05) is 12.1 Å². The van der Waals surface area contributed by atoms with Crippen molar-refractivity contribution in [2.45, 2.75) is 25.0 Å². The van der Waals surface area contributed by atoms with Crippen LogP contribution in [0, 0.1) is 11.3 Å². The van der Waals surface area contributed by atoms with E-state index in [1.54, 1.807) is 25.1 Å². The first-order chi connectivity index (χ1) is 8.54. The van der Waals surface area contributed by atoms with Gasteiger partial charge in [0.15, 0.2) is 5.60 Å². The molecule has 5 nitrogen and oxygen atoms in total. The molecule has 2 N–H and O–H groups in total. The van der Waals surface area contributed by atoms with E-state index >= 15 is 0 Å². The number of hydrogen-bond acceptors (Lipinski definition) is 5. The zero-order chi connectivity index (χ0) is 13.3. The van der Waals surface area contributed by atoms with Crippen molar-refractivity contribution in [1.29, 1.82) is 5.26 Å². The summed E-state index contributed by atoms with van der Waals surface area (Å²) in [6, 6.07) is 6.77. The zero-order valence-corrected chi connectivity index (χ0v) is 9.88. The van der Waals surface area contributed by atoms with Crippen LogP contribution < -0.4 is 0 Å². The average molecular weight is 247 g/mol. The molecule has 0 aliphatic heterocycles. The highest BCUT2D eigenvalue weighted by Gasteiger charge is 2.51. The summed E-state index contributed by atoms with van der Waals surface area (Å²) in [6.07, 6.45) is -1.47. The molecule has 0 saturated heterocycles. The van der Waals surface area contributed by atoms with Crippen LogP contribution in [0.25, 0.3) is 0 Å². The highest BCUT2D eigenvalue weighted by atomic mass is 16.6. The van der Waals surface area contributed by atoms with Gasteiger partial charge < -0.3 is 14.9 Å². The monoisotopic (exact) mass is 247 g/mol. The summed E-state index contributed by atoms with van der Waals surface area (Å²) in [4.78, 5) is 11.7. The van der Waals surface area contributed by atoms with Crippen LogP contribution in [0.15, 0.2) is 18.2 Å². The number of ether oxygens (including phenoxy) is 1. The summed E-state index contributed by atoms with van der Waals surface area (Å²) in [6.45, 7) is 1.74. The number of carbonyl (C=O) groups is 1. The van der Waals surface area contributed by atoms with E-state index in [1.807, 2.05) is 6.07 Å². The van der Waals surface area contributed by atoms with Crippen molar-refractivity contribution in [1.82, 2.24) is 0 Å². The second kappa shape index (κ2) is 4.41. The van der Waals surface area contributed by atoms with Gasteiger partial charge >= 0.3 is 5.97 Å². The van der Waals surface area contributed by atoms with Crippen molar-refractivity contribution in [3.05, 3.63) is 34.9 Å². The van der Waals surface area contributed by atoms with E-state index in [9.17, 15) is 15.0 Å². The molecule has 0 amide bonds. The minimum atomic E-state index is -1.99. The minimum Gasteiger partial charge on any atom is -0.464 e. The molecule has 94 valence electrons. The smallest absolute Gasteiger partial charge is 0.341 e. The molecule has 18 heavy (non-hydrogen) atoms. The number of nitrogens with zero attached hydrogens (tertiary/aromatic N) is 1. The molecule has 0 spiro atoms. The van der Waals surface area contributed by atoms with E-state index in [0.29, 0.717) is 16.7 Å². The van der Waals surface area contributed by atoms with Crippen LogP contribution in [0.3, 0.4) is 0 Å². The molecule has 0 fully saturated rings. The first-order valence-corrected chi connectivity index (χ1v) is 5.64. The molecular formula is C13H13NO4. The lowest BCUT2D eigenvalue weighted by atomic mass is 9.98. The molecule has 0 bridgehead atoms. The van der Waals surface area contributed by atoms with Crippen LogP contribution in [0.1, 0.15) is 29.7 Å². The Bertz CT molecular complexity index is 534. The number of rotatable bonds is 2. The molecular weight excluding hydrogens is 234 g/mol. The molecule has 1 aromatic rings. The maximum Gasteiger partial charge on any atom is 0.341 e. The van der Waals surface area contributed by atoms with Gasteiger partial charge in [-0.25, -0.2) is 4.79 Å². The molecule has 1 aromatic carbocycles. The number of carbonyl (C=O) groups excluding carboxylic acids is 1. The summed E-state index contributed by atoms with van der Waals surface area (Å²) < 4.78 is 4.77. The van der Waals surface area contributed by atoms with Crippen LogP contribution in [-0.2, 0) is 16.0 Å². The predicted octanol–water partition coefficient (Wildman–Crippen LogP) is 0.442. The van der Waals surface area contributed by atoms with Crippen molar-refractivity contribution in [3.63, 3.8) is 0 Å². The Morgan fingerprint density at radius 3 is 3.00 bits per heavy atom. The third-order valence-corrected chi connectivity index (χ3v) is 3.15. The SMILES string of the molecule is CCOC(=O)C1(O)Cc2c(C#N)cccc2C1O. The van der Waals surface area contributed by atoms with Crippen LogP contribution in [-0.4, -0.2) is 28.4 Å². The first kappa shape index (κ1) is 12.6. The Labute approximate surface area is 104 Å². The third-order valence-electron chi connectivity index (χ3n) is 3.15. The standard InChI is InChI=1S/C13H13NO4/c1-2-18-12(16)13(17)6-10-8(7-14)4-3-5-9(10)11(13)15/h3-5,11,15,17H,2,6H2,1H3. The Hall–Kier alpha value is -1.90. The van der Waals surface area contributed by atoms with Gasteiger partial charge in [0.1, 0.15) is 6.10 Å². The fourth-order valence-electron chi connectivity index (χ4n) is 2.23. The molecule has 5 heteroatoms. The van der Waals surface area contributed by atoms with Gasteiger partial charge in [-0.3, -0.25) is 0 Å². The van der Waals surface area contributed by atoms with E-state index in [1.165, 1.54) is 0 Å². The molecule has 0 saturated carbocycles. The van der Waals surface area contributed by atoms with E-state index in [2.05, 4.69) is 0 Å². The second-order valence-electron chi connectivity index (χ2n) is 4.21. The summed E-state index contributed by atoms with van der Waals surface area (Å²) in [5.74, 6) is -0.863. The number of fused-ring (bicyclic) bond motifs is 1. The molecule has 0 radical (unpaired) electrons. The van der Waals surface area contributed by atoms with Crippen molar-refractivity contribution < 1.29 is 19.7 Å². The number of hydrogen-bond donors (Lipinski definition) is 2. The fraction of sp³-hybridized carbons (Fsp3) is 0.385. The molecule has 0 aromatic heterocycles. The highest BCUT2D eigenvalue weighted by Crippen LogP contribution is 2.41. The topological polar surface area (TPSA) is 90.5 Å². The largest absolute Gasteiger partial charge is 0.464 e. The lowest BCUT2D eigenvalue weighted by Crippen LogP contribution is -2.44. The number of esters is 1. The van der Waals surface area contributed by atoms with Crippen LogP contribution in [0.5, 0.6) is 0 Å². The number of benzene rings is 1. The normalized spacial score (nSPS) is 25.3. The van der Waals surface area contributed by atoms with Gasteiger partial charge in [0.2, 0.25) is 0 Å². The Balaban J connectivity index is 2.44. The van der Waals surface area contributed by atoms with Gasteiger partial charge in [0.25, 0.3) is 0 Å². The Morgan fingerprint density at radius 1 is 1.67 bits per heavy atom. The number of aliphatic hydroxyl groups is 2. The minimum absolute atomic E-state index is 0.105. The van der Waals surface area contributed by atoms with Gasteiger partial charge in [0.05, 0.1) is 18.2 Å². The van der Waals surface area contributed by atoms with Gasteiger partial charge in [-0.2, -0.15) is 5.26 Å². The Kier molecular flexibility index (Phi) is 3.07. The lowest BCUT2D eigenvalue weighted by molar-refractivity contribution is -0.176. The number of nitriles is 1. The van der Waals surface area contributed by atoms with Crippen LogP contribution in [0.4, 0.5) is 0 Å². The summed E-state index contributed by atoms with van der Waals surface area (Å²) in [5.41, 5.74) is -0.731. The maximum absolute atomic E-state index is 11.7. The molecule has 2 rings (SSSR count). The third kappa shape index (κ3) is 1.67. The molecule has 0 heterocycles. The van der Waals surface area contributed by atoms with Crippen molar-refractivity contribution in [2.24, 2.45) is 0 Å². The second-order valence-corrected chi connectivity index (χ2v) is 4.21. The van der Waals surface area contributed by atoms with Crippen molar-refractivity contribution >= 4 is 5.97 Å². The summed E-state index contributed by atoms with van der Waals surface area (Å²) in [7, 11) is 0. The summed E-state index contributed by atoms with van der Waals surface area (Å²) in [5, 5.41) is 29.3. The van der Waals surface area contributed by atoms with Crippen LogP contribution in [0.2, 0.25) is 0 Å². The fourth-order valence-corrected chi connectivity index (χ4v) is 2.23. The van der Waals surface area contributed by atoms with Crippen LogP contribution >= 0.6 is 0 Å². The molecule has 1 aliphatic carbocycles. The van der Waals surface area contributed by atoms with Gasteiger partial charge in [0, 0.05) is 6.42 Å². The zero-order valence-electron chi connectivity index (χ0n) is 9.88. The van der Waals surface area contributed by atoms with E-state index in [4.69, 9.17) is 10.00 Å². The van der Waals surface area contributed by atoms with Gasteiger partial charge in [-0.05, 0) is 24.1 Å².